The average Bonchev–Trinajstić information content (AvgIpc) is 1.38. The molecule has 0 aliphatic carbocycles. The summed E-state index contributed by atoms with van der Waals surface area (Å²) in [5.41, 5.74) is 0. The van der Waals surface area contributed by atoms with Crippen LogP contribution < -0.4 is 0 Å². The van der Waals surface area contributed by atoms with Crippen molar-refractivity contribution in [2.45, 2.75) is 18.3 Å². The molecule has 0 bridgehead atoms. The maximum atomic E-state index is 8.33. The first-order valence-corrected chi connectivity index (χ1v) is 2.74. The first kappa shape index (κ1) is 5.48. The van der Waals surface area contributed by atoms with Crippen LogP contribution in [0.1, 0.15) is 6.92 Å². The minimum absolute atomic E-state index is 0.171. The summed E-state index contributed by atoms with van der Waals surface area (Å²) in [6.07, 6.45) is -0.171. The molecule has 1 atom stereocenters. The van der Waals surface area contributed by atoms with Gasteiger partial charge in [0.05, 0.1) is 0 Å². The zero-order chi connectivity index (χ0) is 4.28. The Morgan fingerprint density at radius 1 is 2.00 bits per heavy atom. The second-order valence-corrected chi connectivity index (χ2v) is 1.72. The van der Waals surface area contributed by atoms with Crippen LogP contribution in [0.25, 0.3) is 0 Å². The molecule has 0 heterocycles. The van der Waals surface area contributed by atoms with E-state index in [4.69, 9.17) is 5.11 Å². The SMILES string of the molecule is CC(O)C[Se]. The van der Waals surface area contributed by atoms with Gasteiger partial charge in [0.15, 0.2) is 0 Å². The molecule has 2 heteroatoms. The Bertz CT molecular complexity index is 20.9. The van der Waals surface area contributed by atoms with E-state index in [1.165, 1.54) is 0 Å². The number of rotatable bonds is 1. The fraction of sp³-hybridized carbons (Fsp3) is 1.00. The Hall–Kier alpha value is 0.479. The van der Waals surface area contributed by atoms with E-state index in [9.17, 15) is 0 Å². The molecule has 0 saturated carbocycles. The fourth-order valence-corrected chi connectivity index (χ4v) is 0. The summed E-state index contributed by atoms with van der Waals surface area (Å²) in [4.78, 5) is 0. The summed E-state index contributed by atoms with van der Waals surface area (Å²) in [7, 11) is 0. The number of aliphatic hydroxyl groups is 1. The Labute approximate surface area is 40.2 Å². The van der Waals surface area contributed by atoms with E-state index >= 15 is 0 Å². The van der Waals surface area contributed by atoms with Crippen molar-refractivity contribution in [1.29, 1.82) is 0 Å². The van der Waals surface area contributed by atoms with Crippen molar-refractivity contribution >= 4 is 16.0 Å². The third-order valence-corrected chi connectivity index (χ3v) is 1.25. The molecule has 1 radical (unpaired) electrons. The van der Waals surface area contributed by atoms with Crippen LogP contribution in [-0.4, -0.2) is 27.2 Å². The van der Waals surface area contributed by atoms with Gasteiger partial charge in [-0.25, -0.2) is 0 Å². The first-order valence-electron chi connectivity index (χ1n) is 1.53. The molecule has 0 fully saturated rings. The summed E-state index contributed by atoms with van der Waals surface area (Å²) >= 11 is 2.69. The molecule has 0 aliphatic rings. The van der Waals surface area contributed by atoms with Gasteiger partial charge in [-0.05, 0) is 0 Å². The van der Waals surface area contributed by atoms with E-state index in [2.05, 4.69) is 16.0 Å². The van der Waals surface area contributed by atoms with Gasteiger partial charge in [-0.15, -0.1) is 0 Å². The molecular formula is C3H7OSe. The molecule has 31 valence electrons. The third kappa shape index (κ3) is 4.48. The predicted octanol–water partition coefficient (Wildman–Crippen LogP) is -0.0460. The quantitative estimate of drug-likeness (QED) is 0.504. The van der Waals surface area contributed by atoms with Gasteiger partial charge in [-0.2, -0.15) is 0 Å². The van der Waals surface area contributed by atoms with Gasteiger partial charge in [0, 0.05) is 0 Å². The van der Waals surface area contributed by atoms with Gasteiger partial charge in [-0.1, -0.05) is 0 Å². The van der Waals surface area contributed by atoms with E-state index < -0.39 is 0 Å². The van der Waals surface area contributed by atoms with Crippen molar-refractivity contribution in [3.63, 3.8) is 0 Å². The molecule has 1 nitrogen and oxygen atoms in total. The van der Waals surface area contributed by atoms with Crippen LogP contribution in [-0.2, 0) is 0 Å². The predicted molar refractivity (Wildman–Crippen MR) is 22.2 cm³/mol. The zero-order valence-corrected chi connectivity index (χ0v) is 4.85. The second-order valence-electron chi connectivity index (χ2n) is 1.02. The summed E-state index contributed by atoms with van der Waals surface area (Å²) in [5, 5.41) is 9.07. The molecule has 0 spiro atoms. The van der Waals surface area contributed by atoms with Crippen molar-refractivity contribution in [2.75, 3.05) is 0 Å². The summed E-state index contributed by atoms with van der Waals surface area (Å²) in [5.74, 6) is 0. The minimum atomic E-state index is -0.171. The molecule has 1 N–H and O–H groups in total. The molecular weight excluding hydrogens is 131 g/mol. The van der Waals surface area contributed by atoms with Crippen LogP contribution in [0.2, 0.25) is 5.32 Å². The summed E-state index contributed by atoms with van der Waals surface area (Å²) in [6.45, 7) is 1.75. The van der Waals surface area contributed by atoms with E-state index in [0.29, 0.717) is 0 Å². The topological polar surface area (TPSA) is 20.2 Å². The monoisotopic (exact) mass is 139 g/mol. The van der Waals surface area contributed by atoms with Gasteiger partial charge in [0.2, 0.25) is 0 Å². The summed E-state index contributed by atoms with van der Waals surface area (Å²) in [6, 6.07) is 0. The molecule has 1 unspecified atom stereocenters. The normalized spacial score (nSPS) is 15.0. The van der Waals surface area contributed by atoms with Gasteiger partial charge in [0.25, 0.3) is 0 Å². The molecule has 0 aliphatic heterocycles. The molecule has 0 saturated heterocycles. The van der Waals surface area contributed by atoms with Crippen LogP contribution in [0.5, 0.6) is 0 Å². The molecule has 5 heavy (non-hydrogen) atoms. The fourth-order valence-electron chi connectivity index (χ4n) is 0. The Balaban J connectivity index is 2.54. The van der Waals surface area contributed by atoms with Crippen LogP contribution in [0.3, 0.4) is 0 Å². The van der Waals surface area contributed by atoms with Crippen LogP contribution >= 0.6 is 0 Å². The van der Waals surface area contributed by atoms with Gasteiger partial charge >= 0.3 is 39.5 Å². The van der Waals surface area contributed by atoms with Crippen LogP contribution in [0.4, 0.5) is 0 Å². The van der Waals surface area contributed by atoms with Gasteiger partial charge < -0.3 is 0 Å². The third-order valence-electron chi connectivity index (χ3n) is 0.241. The second kappa shape index (κ2) is 2.70. The van der Waals surface area contributed by atoms with Crippen molar-refractivity contribution in [1.82, 2.24) is 0 Å². The molecule has 0 aromatic rings. The molecule has 0 rings (SSSR count). The Kier molecular flexibility index (Phi) is 2.96. The van der Waals surface area contributed by atoms with Crippen LogP contribution in [0.15, 0.2) is 0 Å². The van der Waals surface area contributed by atoms with Gasteiger partial charge in [-0.3, -0.25) is 0 Å². The van der Waals surface area contributed by atoms with E-state index in [0.717, 1.165) is 5.32 Å². The van der Waals surface area contributed by atoms with E-state index in [-0.39, 0.29) is 6.10 Å². The van der Waals surface area contributed by atoms with Crippen molar-refractivity contribution in [2.24, 2.45) is 0 Å². The molecule has 0 aromatic heterocycles. The Morgan fingerprint density at radius 2 is 2.20 bits per heavy atom. The van der Waals surface area contributed by atoms with Crippen LogP contribution in [0, 0.1) is 0 Å². The van der Waals surface area contributed by atoms with Crippen molar-refractivity contribution in [3.05, 3.63) is 0 Å². The van der Waals surface area contributed by atoms with Gasteiger partial charge in [0.1, 0.15) is 0 Å². The first-order chi connectivity index (χ1) is 2.27. The maximum absolute atomic E-state index is 8.33. The number of aliphatic hydroxyl groups excluding tert-OH is 1. The number of hydrogen-bond donors (Lipinski definition) is 1. The summed E-state index contributed by atoms with van der Waals surface area (Å²) < 4.78 is 0. The zero-order valence-electron chi connectivity index (χ0n) is 3.14. The van der Waals surface area contributed by atoms with E-state index in [1.807, 2.05) is 0 Å². The average molecular weight is 138 g/mol. The van der Waals surface area contributed by atoms with Crippen molar-refractivity contribution < 1.29 is 5.11 Å². The van der Waals surface area contributed by atoms with E-state index in [1.54, 1.807) is 6.92 Å². The Morgan fingerprint density at radius 3 is 2.20 bits per heavy atom. The standard InChI is InChI=1S/C3H7OSe/c1-3(4)2-5/h3-4H,2H2,1H3. The molecule has 0 aromatic carbocycles. The number of hydrogen-bond acceptors (Lipinski definition) is 1. The van der Waals surface area contributed by atoms with Crippen molar-refractivity contribution in [3.8, 4) is 0 Å². The molecule has 0 amide bonds.